The molecule has 0 unspecified atom stereocenters. The first-order valence-electron chi connectivity index (χ1n) is 8.08. The molecule has 3 rings (SSSR count). The number of carbonyl (C=O) groups excluding carboxylic acids is 1. The summed E-state index contributed by atoms with van der Waals surface area (Å²) in [4.78, 5) is 28.4. The Balaban J connectivity index is 1.55. The first-order chi connectivity index (χ1) is 12.1. The van der Waals surface area contributed by atoms with Crippen molar-refractivity contribution in [2.45, 2.75) is 6.54 Å². The van der Waals surface area contributed by atoms with E-state index < -0.39 is 4.92 Å². The summed E-state index contributed by atoms with van der Waals surface area (Å²) in [6.45, 7) is 3.94. The van der Waals surface area contributed by atoms with Crippen LogP contribution in [0.25, 0.3) is 6.08 Å². The molecule has 1 fully saturated rings. The highest BCUT2D eigenvalue weighted by molar-refractivity contribution is 7.09. The van der Waals surface area contributed by atoms with Crippen molar-refractivity contribution < 1.29 is 9.72 Å². The zero-order valence-corrected chi connectivity index (χ0v) is 14.5. The van der Waals surface area contributed by atoms with Crippen LogP contribution in [0.15, 0.2) is 47.9 Å². The molecule has 0 N–H and O–H groups in total. The Kier molecular flexibility index (Phi) is 5.57. The van der Waals surface area contributed by atoms with E-state index in [9.17, 15) is 14.9 Å². The molecule has 1 aliphatic heterocycles. The molecule has 0 bridgehead atoms. The Hall–Kier alpha value is -2.51. The molecule has 1 amide bonds. The number of nitrogens with zero attached hydrogens (tertiary/aromatic N) is 3. The molecular weight excluding hydrogens is 338 g/mol. The summed E-state index contributed by atoms with van der Waals surface area (Å²) in [5.74, 6) is -0.103. The number of hydrogen-bond acceptors (Lipinski definition) is 5. The van der Waals surface area contributed by atoms with Gasteiger partial charge in [0.25, 0.3) is 5.69 Å². The minimum Gasteiger partial charge on any atom is -0.337 e. The third-order valence-corrected chi connectivity index (χ3v) is 5.04. The summed E-state index contributed by atoms with van der Waals surface area (Å²) < 4.78 is 0. The summed E-state index contributed by atoms with van der Waals surface area (Å²) in [7, 11) is 0. The Labute approximate surface area is 150 Å². The van der Waals surface area contributed by atoms with E-state index in [4.69, 9.17) is 0 Å². The molecule has 1 aromatic heterocycles. The number of para-hydroxylation sites is 1. The molecule has 25 heavy (non-hydrogen) atoms. The van der Waals surface area contributed by atoms with E-state index >= 15 is 0 Å². The number of hydrogen-bond donors (Lipinski definition) is 0. The molecule has 1 saturated heterocycles. The summed E-state index contributed by atoms with van der Waals surface area (Å²) in [5, 5.41) is 13.1. The Morgan fingerprint density at radius 2 is 1.92 bits per heavy atom. The quantitative estimate of drug-likeness (QED) is 0.469. The van der Waals surface area contributed by atoms with Gasteiger partial charge in [0.1, 0.15) is 0 Å². The summed E-state index contributed by atoms with van der Waals surface area (Å²) in [5.41, 5.74) is 0.449. The molecule has 0 radical (unpaired) electrons. The van der Waals surface area contributed by atoms with Gasteiger partial charge in [-0.3, -0.25) is 19.8 Å². The van der Waals surface area contributed by atoms with E-state index in [-0.39, 0.29) is 11.6 Å². The molecule has 130 valence electrons. The highest BCUT2D eigenvalue weighted by Gasteiger charge is 2.20. The van der Waals surface area contributed by atoms with Gasteiger partial charge in [-0.15, -0.1) is 11.3 Å². The average Bonchev–Trinajstić information content (AvgIpc) is 3.13. The normalized spacial score (nSPS) is 15.6. The minimum atomic E-state index is -0.437. The van der Waals surface area contributed by atoms with Crippen LogP contribution in [0.2, 0.25) is 0 Å². The molecule has 1 aromatic carbocycles. The van der Waals surface area contributed by atoms with E-state index in [1.165, 1.54) is 23.1 Å². The zero-order valence-electron chi connectivity index (χ0n) is 13.7. The van der Waals surface area contributed by atoms with E-state index in [1.54, 1.807) is 34.4 Å². The third-order valence-electron chi connectivity index (χ3n) is 4.18. The molecule has 1 aliphatic rings. The van der Waals surface area contributed by atoms with Crippen molar-refractivity contribution >= 4 is 29.0 Å². The topological polar surface area (TPSA) is 66.7 Å². The van der Waals surface area contributed by atoms with Crippen molar-refractivity contribution in [1.82, 2.24) is 9.80 Å². The molecule has 2 aromatic rings. The highest BCUT2D eigenvalue weighted by atomic mass is 32.1. The maximum Gasteiger partial charge on any atom is 0.276 e. The minimum absolute atomic E-state index is 0.00678. The van der Waals surface area contributed by atoms with Crippen LogP contribution in [0.5, 0.6) is 0 Å². The van der Waals surface area contributed by atoms with Crippen molar-refractivity contribution in [1.29, 1.82) is 0 Å². The molecule has 0 aliphatic carbocycles. The lowest BCUT2D eigenvalue weighted by Crippen LogP contribution is -2.47. The van der Waals surface area contributed by atoms with Crippen molar-refractivity contribution in [3.05, 3.63) is 68.4 Å². The van der Waals surface area contributed by atoms with Crippen LogP contribution in [-0.4, -0.2) is 46.8 Å². The second-order valence-electron chi connectivity index (χ2n) is 5.83. The van der Waals surface area contributed by atoms with Gasteiger partial charge in [-0.2, -0.15) is 0 Å². The van der Waals surface area contributed by atoms with Crippen LogP contribution in [-0.2, 0) is 11.3 Å². The molecule has 0 saturated carbocycles. The van der Waals surface area contributed by atoms with Crippen LogP contribution in [0.3, 0.4) is 0 Å². The van der Waals surface area contributed by atoms with Crippen molar-refractivity contribution in [2.24, 2.45) is 0 Å². The fraction of sp³-hybridized carbons (Fsp3) is 0.278. The standard InChI is InChI=1S/C18H19N3O3S/c22-18(8-7-15-4-1-2-6-17(15)21(23)24)20-11-9-19(10-12-20)14-16-5-3-13-25-16/h1-8,13H,9-12,14H2/b8-7+. The SMILES string of the molecule is O=C(/C=C/c1ccccc1[N+](=O)[O-])N1CCN(Cc2cccs2)CC1. The van der Waals surface area contributed by atoms with Gasteiger partial charge in [-0.1, -0.05) is 18.2 Å². The van der Waals surface area contributed by atoms with Crippen LogP contribution < -0.4 is 0 Å². The van der Waals surface area contributed by atoms with Gasteiger partial charge in [0.05, 0.1) is 10.5 Å². The number of nitro groups is 1. The van der Waals surface area contributed by atoms with Gasteiger partial charge in [0.15, 0.2) is 0 Å². The number of amides is 1. The first kappa shape index (κ1) is 17.3. The number of carbonyl (C=O) groups is 1. The summed E-state index contributed by atoms with van der Waals surface area (Å²) in [6, 6.07) is 10.6. The third kappa shape index (κ3) is 4.52. The van der Waals surface area contributed by atoms with Crippen molar-refractivity contribution in [3.63, 3.8) is 0 Å². The van der Waals surface area contributed by atoms with Crippen LogP contribution in [0, 0.1) is 10.1 Å². The van der Waals surface area contributed by atoms with Crippen LogP contribution >= 0.6 is 11.3 Å². The molecule has 0 spiro atoms. The lowest BCUT2D eigenvalue weighted by Gasteiger charge is -2.33. The molecule has 2 heterocycles. The van der Waals surface area contributed by atoms with Gasteiger partial charge >= 0.3 is 0 Å². The van der Waals surface area contributed by atoms with E-state index in [0.29, 0.717) is 18.7 Å². The Morgan fingerprint density at radius 3 is 2.60 bits per heavy atom. The number of nitro benzene ring substituents is 1. The summed E-state index contributed by atoms with van der Waals surface area (Å²) in [6.07, 6.45) is 2.95. The maximum atomic E-state index is 12.3. The summed E-state index contributed by atoms with van der Waals surface area (Å²) >= 11 is 1.74. The van der Waals surface area contributed by atoms with Gasteiger partial charge < -0.3 is 4.90 Å². The van der Waals surface area contributed by atoms with Gasteiger partial charge in [0, 0.05) is 49.7 Å². The second-order valence-corrected chi connectivity index (χ2v) is 6.86. The van der Waals surface area contributed by atoms with E-state index in [1.807, 2.05) is 6.07 Å². The highest BCUT2D eigenvalue weighted by Crippen LogP contribution is 2.19. The monoisotopic (exact) mass is 357 g/mol. The van der Waals surface area contributed by atoms with E-state index in [0.717, 1.165) is 19.6 Å². The van der Waals surface area contributed by atoms with Gasteiger partial charge in [-0.05, 0) is 23.6 Å². The van der Waals surface area contributed by atoms with E-state index in [2.05, 4.69) is 16.3 Å². The zero-order chi connectivity index (χ0) is 17.6. The lowest BCUT2D eigenvalue weighted by molar-refractivity contribution is -0.385. The molecule has 7 heteroatoms. The fourth-order valence-corrected chi connectivity index (χ4v) is 3.56. The number of piperazine rings is 1. The maximum absolute atomic E-state index is 12.3. The Morgan fingerprint density at radius 1 is 1.16 bits per heavy atom. The number of thiophene rings is 1. The van der Waals surface area contributed by atoms with Crippen LogP contribution in [0.4, 0.5) is 5.69 Å². The smallest absolute Gasteiger partial charge is 0.276 e. The number of rotatable bonds is 5. The van der Waals surface area contributed by atoms with Crippen molar-refractivity contribution in [2.75, 3.05) is 26.2 Å². The molecular formula is C18H19N3O3S. The van der Waals surface area contributed by atoms with Crippen LogP contribution in [0.1, 0.15) is 10.4 Å². The largest absolute Gasteiger partial charge is 0.337 e. The van der Waals surface area contributed by atoms with Gasteiger partial charge in [0.2, 0.25) is 5.91 Å². The average molecular weight is 357 g/mol. The molecule has 0 atom stereocenters. The van der Waals surface area contributed by atoms with Gasteiger partial charge in [-0.25, -0.2) is 0 Å². The lowest BCUT2D eigenvalue weighted by atomic mass is 10.1. The predicted molar refractivity (Wildman–Crippen MR) is 98.3 cm³/mol. The molecule has 6 nitrogen and oxygen atoms in total. The first-order valence-corrected chi connectivity index (χ1v) is 8.96. The van der Waals surface area contributed by atoms with Crippen molar-refractivity contribution in [3.8, 4) is 0 Å². The predicted octanol–water partition coefficient (Wildman–Crippen LogP) is 3.01. The fourth-order valence-electron chi connectivity index (χ4n) is 2.81. The Bertz CT molecular complexity index is 766. The second kappa shape index (κ2) is 8.04. The number of benzene rings is 1.